The van der Waals surface area contributed by atoms with E-state index >= 15 is 0 Å². The van der Waals surface area contributed by atoms with Crippen LogP contribution >= 0.6 is 11.6 Å². The van der Waals surface area contributed by atoms with E-state index in [9.17, 15) is 4.39 Å². The monoisotopic (exact) mass is 296 g/mol. The summed E-state index contributed by atoms with van der Waals surface area (Å²) in [5.74, 6) is 0.613. The number of hydrogen-bond acceptors (Lipinski definition) is 2. The predicted molar refractivity (Wildman–Crippen MR) is 80.4 cm³/mol. The highest BCUT2D eigenvalue weighted by Crippen LogP contribution is 2.28. The number of piperidine rings is 1. The maximum atomic E-state index is 13.8. The van der Waals surface area contributed by atoms with Crippen molar-refractivity contribution < 1.29 is 4.39 Å². The fraction of sp³-hybridized carbons (Fsp3) is 0.625. The number of likely N-dealkylation sites (tertiary alicyclic amines) is 1. The highest BCUT2D eigenvalue weighted by Gasteiger charge is 2.28. The largest absolute Gasteiger partial charge is 0.314 e. The van der Waals surface area contributed by atoms with Crippen molar-refractivity contribution in [2.45, 2.75) is 38.3 Å². The third kappa shape index (κ3) is 3.16. The first-order valence-electron chi connectivity index (χ1n) is 7.62. The number of nitrogens with zero attached hydrogens (tertiary/aromatic N) is 1. The van der Waals surface area contributed by atoms with Gasteiger partial charge in [-0.25, -0.2) is 4.39 Å². The first-order valence-corrected chi connectivity index (χ1v) is 8.00. The third-order valence-corrected chi connectivity index (χ3v) is 5.10. The molecule has 1 aromatic rings. The molecule has 1 unspecified atom stereocenters. The Kier molecular flexibility index (Phi) is 4.59. The van der Waals surface area contributed by atoms with Crippen molar-refractivity contribution in [2.24, 2.45) is 5.92 Å². The van der Waals surface area contributed by atoms with Crippen molar-refractivity contribution in [2.75, 3.05) is 19.6 Å². The molecule has 0 spiro atoms. The Morgan fingerprint density at radius 3 is 2.70 bits per heavy atom. The van der Waals surface area contributed by atoms with Crippen LogP contribution < -0.4 is 5.32 Å². The number of benzene rings is 1. The summed E-state index contributed by atoms with van der Waals surface area (Å²) >= 11 is 6.10. The average Bonchev–Trinajstić information content (AvgIpc) is 2.98. The van der Waals surface area contributed by atoms with Gasteiger partial charge in [-0.1, -0.05) is 17.7 Å². The van der Waals surface area contributed by atoms with Crippen LogP contribution in [0.3, 0.4) is 0 Å². The van der Waals surface area contributed by atoms with Crippen LogP contribution in [-0.2, 0) is 6.54 Å². The fourth-order valence-electron chi connectivity index (χ4n) is 3.53. The fourth-order valence-corrected chi connectivity index (χ4v) is 3.76. The molecule has 2 saturated heterocycles. The van der Waals surface area contributed by atoms with Gasteiger partial charge in [0.2, 0.25) is 0 Å². The van der Waals surface area contributed by atoms with Crippen LogP contribution in [0.25, 0.3) is 0 Å². The lowest BCUT2D eigenvalue weighted by Crippen LogP contribution is -2.40. The first kappa shape index (κ1) is 14.3. The summed E-state index contributed by atoms with van der Waals surface area (Å²) in [6.45, 7) is 3.91. The lowest BCUT2D eigenvalue weighted by molar-refractivity contribution is 0.156. The highest BCUT2D eigenvalue weighted by molar-refractivity contribution is 6.31. The molecule has 1 N–H and O–H groups in total. The Bertz CT molecular complexity index is 432. The van der Waals surface area contributed by atoms with Crippen LogP contribution in [0.15, 0.2) is 18.2 Å². The molecule has 0 aromatic heterocycles. The molecule has 2 aliphatic heterocycles. The third-order valence-electron chi connectivity index (χ3n) is 4.74. The van der Waals surface area contributed by atoms with Gasteiger partial charge in [-0.15, -0.1) is 0 Å². The van der Waals surface area contributed by atoms with Crippen LogP contribution in [-0.4, -0.2) is 30.6 Å². The average molecular weight is 297 g/mol. The molecule has 3 rings (SSSR count). The molecule has 110 valence electrons. The zero-order chi connectivity index (χ0) is 13.9. The summed E-state index contributed by atoms with van der Waals surface area (Å²) in [7, 11) is 0. The molecule has 1 atom stereocenters. The van der Waals surface area contributed by atoms with Gasteiger partial charge in [-0.3, -0.25) is 4.90 Å². The SMILES string of the molecule is Fc1cccc(Cl)c1CN1CCC(C2CCCN2)CC1. The normalized spacial score (nSPS) is 25.2. The molecule has 20 heavy (non-hydrogen) atoms. The van der Waals surface area contributed by atoms with Gasteiger partial charge in [0, 0.05) is 23.2 Å². The zero-order valence-electron chi connectivity index (χ0n) is 11.7. The number of halogens is 2. The van der Waals surface area contributed by atoms with Crippen molar-refractivity contribution in [3.05, 3.63) is 34.6 Å². The quantitative estimate of drug-likeness (QED) is 0.919. The molecule has 0 amide bonds. The van der Waals surface area contributed by atoms with Gasteiger partial charge in [0.25, 0.3) is 0 Å². The maximum Gasteiger partial charge on any atom is 0.129 e. The second-order valence-corrected chi connectivity index (χ2v) is 6.42. The summed E-state index contributed by atoms with van der Waals surface area (Å²) in [5.41, 5.74) is 0.645. The Balaban J connectivity index is 1.56. The van der Waals surface area contributed by atoms with E-state index < -0.39 is 0 Å². The Morgan fingerprint density at radius 1 is 1.25 bits per heavy atom. The minimum absolute atomic E-state index is 0.183. The molecule has 0 saturated carbocycles. The van der Waals surface area contributed by atoms with E-state index in [1.165, 1.54) is 38.3 Å². The zero-order valence-corrected chi connectivity index (χ0v) is 12.5. The highest BCUT2D eigenvalue weighted by atomic mass is 35.5. The number of rotatable bonds is 3. The summed E-state index contributed by atoms with van der Waals surface area (Å²) < 4.78 is 13.8. The van der Waals surface area contributed by atoms with Gasteiger partial charge in [0.15, 0.2) is 0 Å². The minimum Gasteiger partial charge on any atom is -0.314 e. The van der Waals surface area contributed by atoms with Gasteiger partial charge in [0.05, 0.1) is 0 Å². The molecule has 1 aromatic carbocycles. The van der Waals surface area contributed by atoms with Gasteiger partial charge in [-0.2, -0.15) is 0 Å². The Morgan fingerprint density at radius 2 is 2.05 bits per heavy atom. The lowest BCUT2D eigenvalue weighted by atomic mass is 9.88. The van der Waals surface area contributed by atoms with Crippen LogP contribution in [0, 0.1) is 11.7 Å². The second-order valence-electron chi connectivity index (χ2n) is 6.02. The standard InChI is InChI=1S/C16H22ClFN2/c17-14-3-1-4-15(18)13(14)11-20-9-6-12(7-10-20)16-5-2-8-19-16/h1,3-4,12,16,19H,2,5-11H2. The summed E-state index contributed by atoms with van der Waals surface area (Å²) in [6, 6.07) is 5.65. The van der Waals surface area contributed by atoms with Gasteiger partial charge >= 0.3 is 0 Å². The van der Waals surface area contributed by atoms with Crippen molar-refractivity contribution in [3.63, 3.8) is 0 Å². The Hall–Kier alpha value is -0.640. The Labute approximate surface area is 125 Å². The second kappa shape index (κ2) is 6.42. The van der Waals surface area contributed by atoms with E-state index in [0.29, 0.717) is 23.2 Å². The molecule has 2 aliphatic rings. The van der Waals surface area contributed by atoms with E-state index in [4.69, 9.17) is 11.6 Å². The van der Waals surface area contributed by atoms with Crippen molar-refractivity contribution in [3.8, 4) is 0 Å². The van der Waals surface area contributed by atoms with Crippen LogP contribution in [0.2, 0.25) is 5.02 Å². The van der Waals surface area contributed by atoms with E-state index in [-0.39, 0.29) is 5.82 Å². The summed E-state index contributed by atoms with van der Waals surface area (Å²) in [6.07, 6.45) is 5.06. The van der Waals surface area contributed by atoms with E-state index in [1.54, 1.807) is 12.1 Å². The number of hydrogen-bond donors (Lipinski definition) is 1. The maximum absolute atomic E-state index is 13.8. The lowest BCUT2D eigenvalue weighted by Gasteiger charge is -2.35. The van der Waals surface area contributed by atoms with Crippen molar-refractivity contribution in [1.82, 2.24) is 10.2 Å². The van der Waals surface area contributed by atoms with Gasteiger partial charge in [-0.05, 0) is 63.4 Å². The molecule has 2 nitrogen and oxygen atoms in total. The first-order chi connectivity index (χ1) is 9.74. The molecule has 4 heteroatoms. The van der Waals surface area contributed by atoms with Gasteiger partial charge < -0.3 is 5.32 Å². The van der Waals surface area contributed by atoms with E-state index in [1.807, 2.05) is 0 Å². The minimum atomic E-state index is -0.183. The van der Waals surface area contributed by atoms with Crippen LogP contribution in [0.1, 0.15) is 31.2 Å². The molecule has 2 fully saturated rings. The number of nitrogens with one attached hydrogen (secondary N) is 1. The van der Waals surface area contributed by atoms with Crippen molar-refractivity contribution in [1.29, 1.82) is 0 Å². The molecular formula is C16H22ClFN2. The van der Waals surface area contributed by atoms with Crippen LogP contribution in [0.5, 0.6) is 0 Å². The van der Waals surface area contributed by atoms with Gasteiger partial charge in [0.1, 0.15) is 5.82 Å². The predicted octanol–water partition coefficient (Wildman–Crippen LogP) is 3.44. The van der Waals surface area contributed by atoms with E-state index in [2.05, 4.69) is 10.2 Å². The molecule has 0 radical (unpaired) electrons. The molecule has 0 aliphatic carbocycles. The molecular weight excluding hydrogens is 275 g/mol. The molecule has 0 bridgehead atoms. The van der Waals surface area contributed by atoms with E-state index in [0.717, 1.165) is 19.0 Å². The topological polar surface area (TPSA) is 15.3 Å². The van der Waals surface area contributed by atoms with Crippen LogP contribution in [0.4, 0.5) is 4.39 Å². The summed E-state index contributed by atoms with van der Waals surface area (Å²) in [4.78, 5) is 2.33. The summed E-state index contributed by atoms with van der Waals surface area (Å²) in [5, 5.41) is 4.16. The van der Waals surface area contributed by atoms with Crippen molar-refractivity contribution >= 4 is 11.6 Å². The molecule has 2 heterocycles. The smallest absolute Gasteiger partial charge is 0.129 e.